The van der Waals surface area contributed by atoms with Crippen LogP contribution in [0.2, 0.25) is 0 Å². The van der Waals surface area contributed by atoms with E-state index >= 15 is 0 Å². The number of fused-ring (bicyclic) bond motifs is 3. The van der Waals surface area contributed by atoms with Gasteiger partial charge in [-0.2, -0.15) is 0 Å². The van der Waals surface area contributed by atoms with Crippen LogP contribution in [0.15, 0.2) is 11.8 Å². The highest BCUT2D eigenvalue weighted by molar-refractivity contribution is 7.16. The van der Waals surface area contributed by atoms with Gasteiger partial charge in [0.2, 0.25) is 0 Å². The third kappa shape index (κ3) is 1.64. The molecule has 0 radical (unpaired) electrons. The zero-order valence-electron chi connectivity index (χ0n) is 11.9. The first-order valence-electron chi connectivity index (χ1n) is 7.01. The van der Waals surface area contributed by atoms with Crippen LogP contribution in [0.5, 0.6) is 0 Å². The Kier molecular flexibility index (Phi) is 3.03. The summed E-state index contributed by atoms with van der Waals surface area (Å²) in [6, 6.07) is -0.0763. The van der Waals surface area contributed by atoms with Crippen LogP contribution in [-0.2, 0) is 10.3 Å². The molecule has 3 atom stereocenters. The van der Waals surface area contributed by atoms with Crippen LogP contribution in [0, 0.1) is 0 Å². The molecule has 2 aliphatic rings. The van der Waals surface area contributed by atoms with Crippen molar-refractivity contribution in [1.29, 1.82) is 0 Å². The molecule has 2 aromatic rings. The van der Waals surface area contributed by atoms with E-state index in [9.17, 15) is 9.90 Å². The summed E-state index contributed by atoms with van der Waals surface area (Å²) in [7, 11) is 1.58. The van der Waals surface area contributed by atoms with Crippen molar-refractivity contribution in [2.45, 2.75) is 30.7 Å². The molecule has 2 fully saturated rings. The maximum absolute atomic E-state index is 11.9. The Morgan fingerprint density at radius 3 is 3.18 bits per heavy atom. The van der Waals surface area contributed by atoms with E-state index in [0.29, 0.717) is 24.2 Å². The number of thiazole rings is 1. The Labute approximate surface area is 130 Å². The van der Waals surface area contributed by atoms with Gasteiger partial charge in [-0.05, 0) is 12.8 Å². The van der Waals surface area contributed by atoms with E-state index in [1.807, 2.05) is 0 Å². The number of ether oxygens (including phenoxy) is 1. The molecule has 22 heavy (non-hydrogen) atoms. The van der Waals surface area contributed by atoms with Crippen LogP contribution in [0.4, 0.5) is 4.79 Å². The summed E-state index contributed by atoms with van der Waals surface area (Å²) in [5, 5.41) is 13.1. The monoisotopic (exact) mass is 321 g/mol. The van der Waals surface area contributed by atoms with Crippen molar-refractivity contribution in [2.24, 2.45) is 0 Å². The Bertz CT molecular complexity index is 737. The van der Waals surface area contributed by atoms with E-state index < -0.39 is 17.9 Å². The quantitative estimate of drug-likeness (QED) is 0.851. The molecule has 0 spiro atoms. The van der Waals surface area contributed by atoms with E-state index in [1.54, 1.807) is 12.6 Å². The van der Waals surface area contributed by atoms with Gasteiger partial charge in [0.1, 0.15) is 34.1 Å². The topological polar surface area (TPSA) is 100 Å². The largest absolute Gasteiger partial charge is 0.465 e. The lowest BCUT2D eigenvalue weighted by molar-refractivity contribution is -0.0826. The van der Waals surface area contributed by atoms with Gasteiger partial charge in [0.05, 0.1) is 5.51 Å². The number of hydrogen-bond donors (Lipinski definition) is 2. The SMILES string of the molecule is COC1NCC2CCC1(c1ncnc3scnc13)N2C(=O)O. The number of aromatic nitrogens is 3. The minimum atomic E-state index is -0.951. The molecule has 9 heteroatoms. The molecule has 116 valence electrons. The minimum Gasteiger partial charge on any atom is -0.465 e. The van der Waals surface area contributed by atoms with Gasteiger partial charge in [-0.15, -0.1) is 11.3 Å². The number of nitrogens with zero attached hydrogens (tertiary/aromatic N) is 4. The number of methoxy groups -OCH3 is 1. The van der Waals surface area contributed by atoms with E-state index in [4.69, 9.17) is 4.74 Å². The molecule has 0 saturated carbocycles. The number of piperazine rings is 1. The van der Waals surface area contributed by atoms with Gasteiger partial charge in [-0.3, -0.25) is 10.2 Å². The molecule has 8 nitrogen and oxygen atoms in total. The Morgan fingerprint density at radius 2 is 2.41 bits per heavy atom. The van der Waals surface area contributed by atoms with Gasteiger partial charge in [-0.25, -0.2) is 19.7 Å². The van der Waals surface area contributed by atoms with E-state index in [-0.39, 0.29) is 6.04 Å². The van der Waals surface area contributed by atoms with Crippen molar-refractivity contribution < 1.29 is 14.6 Å². The summed E-state index contributed by atoms with van der Waals surface area (Å²) >= 11 is 1.42. The Morgan fingerprint density at radius 1 is 1.55 bits per heavy atom. The van der Waals surface area contributed by atoms with E-state index in [2.05, 4.69) is 20.3 Å². The van der Waals surface area contributed by atoms with E-state index in [1.165, 1.54) is 22.6 Å². The number of carboxylic acid groups (broad SMARTS) is 1. The summed E-state index contributed by atoms with van der Waals surface area (Å²) in [4.78, 5) is 27.2. The third-order valence-corrected chi connectivity index (χ3v) is 5.35. The first kappa shape index (κ1) is 13.8. The molecular formula is C13H15N5O3S. The molecule has 2 saturated heterocycles. The second-order valence-corrected chi connectivity index (χ2v) is 6.35. The van der Waals surface area contributed by atoms with Gasteiger partial charge >= 0.3 is 6.09 Å². The molecule has 2 bridgehead atoms. The molecule has 3 unspecified atom stereocenters. The fourth-order valence-electron chi connectivity index (χ4n) is 3.80. The smallest absolute Gasteiger partial charge is 0.408 e. The molecule has 2 aliphatic heterocycles. The van der Waals surface area contributed by atoms with Crippen LogP contribution in [-0.4, -0.2) is 57.0 Å². The average Bonchev–Trinajstić information content (AvgIpc) is 3.09. The van der Waals surface area contributed by atoms with Crippen LogP contribution in [0.3, 0.4) is 0 Å². The summed E-state index contributed by atoms with van der Waals surface area (Å²) in [5.74, 6) is 0. The van der Waals surface area contributed by atoms with Crippen molar-refractivity contribution in [1.82, 2.24) is 25.2 Å². The van der Waals surface area contributed by atoms with Crippen molar-refractivity contribution in [3.8, 4) is 0 Å². The molecule has 4 heterocycles. The van der Waals surface area contributed by atoms with Gasteiger partial charge in [0.15, 0.2) is 0 Å². The zero-order valence-corrected chi connectivity index (χ0v) is 12.7. The lowest BCUT2D eigenvalue weighted by Gasteiger charge is -2.47. The molecule has 2 N–H and O–H groups in total. The van der Waals surface area contributed by atoms with Gasteiger partial charge in [-0.1, -0.05) is 0 Å². The molecular weight excluding hydrogens is 306 g/mol. The number of nitrogens with one attached hydrogen (secondary N) is 1. The number of rotatable bonds is 2. The van der Waals surface area contributed by atoms with Crippen molar-refractivity contribution in [3.63, 3.8) is 0 Å². The number of hydrogen-bond acceptors (Lipinski definition) is 7. The highest BCUT2D eigenvalue weighted by Gasteiger charge is 2.60. The van der Waals surface area contributed by atoms with Crippen LogP contribution >= 0.6 is 11.3 Å². The second-order valence-electron chi connectivity index (χ2n) is 5.52. The summed E-state index contributed by atoms with van der Waals surface area (Å²) in [6.45, 7) is 0.581. The van der Waals surface area contributed by atoms with Crippen molar-refractivity contribution in [2.75, 3.05) is 13.7 Å². The molecule has 4 rings (SSSR count). The maximum atomic E-state index is 11.9. The third-order valence-electron chi connectivity index (χ3n) is 4.61. The summed E-state index contributed by atoms with van der Waals surface area (Å²) < 4.78 is 5.58. The normalized spacial score (nSPS) is 30.9. The van der Waals surface area contributed by atoms with Crippen molar-refractivity contribution >= 4 is 27.8 Å². The van der Waals surface area contributed by atoms with Crippen LogP contribution in [0.1, 0.15) is 18.5 Å². The first-order chi connectivity index (χ1) is 10.7. The zero-order chi connectivity index (χ0) is 15.3. The van der Waals surface area contributed by atoms with Gasteiger partial charge in [0, 0.05) is 19.7 Å². The lowest BCUT2D eigenvalue weighted by atomic mass is 9.88. The maximum Gasteiger partial charge on any atom is 0.408 e. The fraction of sp³-hybridized carbons (Fsp3) is 0.538. The Hall–Kier alpha value is -1.84. The molecule has 2 aromatic heterocycles. The summed E-state index contributed by atoms with van der Waals surface area (Å²) in [5.41, 5.74) is 2.13. The average molecular weight is 321 g/mol. The second kappa shape index (κ2) is 4.83. The first-order valence-corrected chi connectivity index (χ1v) is 7.89. The fourth-order valence-corrected chi connectivity index (χ4v) is 4.42. The molecule has 0 aliphatic carbocycles. The highest BCUT2D eigenvalue weighted by Crippen LogP contribution is 2.48. The predicted molar refractivity (Wildman–Crippen MR) is 78.6 cm³/mol. The minimum absolute atomic E-state index is 0.0763. The Balaban J connectivity index is 1.98. The van der Waals surface area contributed by atoms with E-state index in [0.717, 1.165) is 11.3 Å². The predicted octanol–water partition coefficient (Wildman–Crippen LogP) is 1.000. The van der Waals surface area contributed by atoms with Gasteiger partial charge in [0.25, 0.3) is 0 Å². The lowest BCUT2D eigenvalue weighted by Crippen LogP contribution is -2.66. The number of amides is 1. The summed E-state index contributed by atoms with van der Waals surface area (Å²) in [6.07, 6.45) is 1.49. The standard InChI is InChI=1S/C13H15N5O3S/c1-21-11-13(3-2-7(4-14-11)18(13)12(19)20)9-8-10(16-5-15-9)22-6-17-8/h5-7,11,14H,2-4H2,1H3,(H,19,20). The van der Waals surface area contributed by atoms with Crippen LogP contribution < -0.4 is 5.32 Å². The van der Waals surface area contributed by atoms with Crippen molar-refractivity contribution in [3.05, 3.63) is 17.5 Å². The van der Waals surface area contributed by atoms with Gasteiger partial charge < -0.3 is 9.84 Å². The number of carbonyl (C=O) groups is 1. The highest BCUT2D eigenvalue weighted by atomic mass is 32.1. The molecule has 1 amide bonds. The molecule has 0 aromatic carbocycles. The van der Waals surface area contributed by atoms with Crippen LogP contribution in [0.25, 0.3) is 10.3 Å².